The lowest BCUT2D eigenvalue weighted by atomic mass is 9.94. The molecule has 0 radical (unpaired) electrons. The van der Waals surface area contributed by atoms with Gasteiger partial charge in [0.2, 0.25) is 11.8 Å². The molecule has 0 aliphatic carbocycles. The first-order valence-electron chi connectivity index (χ1n) is 9.75. The van der Waals surface area contributed by atoms with E-state index in [2.05, 4.69) is 15.6 Å². The van der Waals surface area contributed by atoms with Gasteiger partial charge in [-0.3, -0.25) is 14.6 Å². The van der Waals surface area contributed by atoms with Crippen LogP contribution in [0.4, 0.5) is 0 Å². The molecule has 0 spiro atoms. The monoisotopic (exact) mass is 448 g/mol. The third kappa shape index (κ3) is 8.63. The molecule has 0 aromatic carbocycles. The van der Waals surface area contributed by atoms with E-state index in [9.17, 15) is 29.7 Å². The minimum Gasteiger partial charge on any atom is -0.479 e. The zero-order valence-corrected chi connectivity index (χ0v) is 17.2. The van der Waals surface area contributed by atoms with Gasteiger partial charge < -0.3 is 53.0 Å². The molecular formula is C17H32N6O8. The van der Waals surface area contributed by atoms with Crippen LogP contribution in [0.25, 0.3) is 0 Å². The number of nitrogens with one attached hydrogen (secondary N) is 2. The Labute approximate surface area is 178 Å². The molecule has 0 aromatic heterocycles. The van der Waals surface area contributed by atoms with E-state index in [1.54, 1.807) is 0 Å². The van der Waals surface area contributed by atoms with E-state index >= 15 is 0 Å². The van der Waals surface area contributed by atoms with E-state index in [0.717, 1.165) is 0 Å². The Morgan fingerprint density at radius 2 is 1.87 bits per heavy atom. The molecule has 2 amide bonds. The molecule has 1 heterocycles. The Bertz CT molecular complexity index is 659. The SMILES string of the molecule is C[C@H](NC(=O)[C@@H](N)CCCN=C(N)N)C(=O)NC[C@@H](O)[C@H]1O[C@H](C(=O)O)C[C@@H](O)[C@H]1O. The van der Waals surface area contributed by atoms with Gasteiger partial charge in [0.05, 0.1) is 12.1 Å². The quantitative estimate of drug-likeness (QED) is 0.0824. The average molecular weight is 448 g/mol. The number of aliphatic carboxylic acids is 1. The van der Waals surface area contributed by atoms with Crippen LogP contribution in [0.1, 0.15) is 26.2 Å². The number of ether oxygens (including phenoxy) is 1. The van der Waals surface area contributed by atoms with Gasteiger partial charge >= 0.3 is 5.97 Å². The van der Waals surface area contributed by atoms with Gasteiger partial charge in [-0.25, -0.2) is 4.79 Å². The van der Waals surface area contributed by atoms with Crippen molar-refractivity contribution < 1.29 is 39.5 Å². The standard InChI is InChI=1S/C17H32N6O8/c1-7(23-15(28)8(18)3-2-4-21-17(19)20)14(27)22-6-10(25)13-12(26)9(24)5-11(31-13)16(29)30/h7-13,24-26H,2-6,18H2,1H3,(H,22,27)(H,23,28)(H,29,30)(H4,19,20,21)/t7-,8-,9+,10+,11-,12+,13+/m0/s1. The van der Waals surface area contributed by atoms with Crippen molar-refractivity contribution in [2.45, 2.75) is 68.8 Å². The summed E-state index contributed by atoms with van der Waals surface area (Å²) in [6.07, 6.45) is -6.84. The van der Waals surface area contributed by atoms with Crippen LogP contribution in [0.2, 0.25) is 0 Å². The van der Waals surface area contributed by atoms with Gasteiger partial charge in [0.1, 0.15) is 24.4 Å². The number of rotatable bonds is 11. The molecule has 1 fully saturated rings. The molecule has 0 unspecified atom stereocenters. The van der Waals surface area contributed by atoms with E-state index in [-0.39, 0.29) is 12.4 Å². The fourth-order valence-corrected chi connectivity index (χ4v) is 2.89. The molecule has 31 heavy (non-hydrogen) atoms. The summed E-state index contributed by atoms with van der Waals surface area (Å²) in [6, 6.07) is -1.87. The molecule has 14 heteroatoms. The van der Waals surface area contributed by atoms with Crippen molar-refractivity contribution in [2.24, 2.45) is 22.2 Å². The van der Waals surface area contributed by atoms with Crippen LogP contribution in [-0.2, 0) is 19.1 Å². The molecular weight excluding hydrogens is 416 g/mol. The van der Waals surface area contributed by atoms with Crippen molar-refractivity contribution in [3.63, 3.8) is 0 Å². The minimum absolute atomic E-state index is 0.0651. The van der Waals surface area contributed by atoms with Crippen molar-refractivity contribution in [3.05, 3.63) is 0 Å². The zero-order valence-electron chi connectivity index (χ0n) is 17.2. The molecule has 1 saturated heterocycles. The van der Waals surface area contributed by atoms with Crippen molar-refractivity contribution in [3.8, 4) is 0 Å². The van der Waals surface area contributed by atoms with Crippen molar-refractivity contribution >= 4 is 23.7 Å². The Kier molecular flexibility index (Phi) is 10.6. The third-order valence-corrected chi connectivity index (χ3v) is 4.70. The molecule has 7 atom stereocenters. The fourth-order valence-electron chi connectivity index (χ4n) is 2.89. The highest BCUT2D eigenvalue weighted by Gasteiger charge is 2.43. The van der Waals surface area contributed by atoms with E-state index in [1.165, 1.54) is 6.92 Å². The lowest BCUT2D eigenvalue weighted by Gasteiger charge is -2.37. The summed E-state index contributed by atoms with van der Waals surface area (Å²) in [5.74, 6) is -2.63. The molecule has 1 rings (SSSR count). The van der Waals surface area contributed by atoms with Gasteiger partial charge in [-0.2, -0.15) is 0 Å². The van der Waals surface area contributed by atoms with E-state index in [0.29, 0.717) is 19.4 Å². The molecule has 0 aromatic rings. The summed E-state index contributed by atoms with van der Waals surface area (Å²) in [5, 5.41) is 43.7. The first-order valence-corrected chi connectivity index (χ1v) is 9.75. The summed E-state index contributed by atoms with van der Waals surface area (Å²) >= 11 is 0. The van der Waals surface area contributed by atoms with Gasteiger partial charge in [0.15, 0.2) is 12.1 Å². The van der Waals surface area contributed by atoms with E-state index in [4.69, 9.17) is 27.0 Å². The summed E-state index contributed by atoms with van der Waals surface area (Å²) in [6.45, 7) is 1.30. The highest BCUT2D eigenvalue weighted by molar-refractivity contribution is 5.89. The Balaban J connectivity index is 2.47. The summed E-state index contributed by atoms with van der Waals surface area (Å²) in [7, 11) is 0. The number of aliphatic imine (C=N–C) groups is 1. The molecule has 14 nitrogen and oxygen atoms in total. The number of hydrogen-bond donors (Lipinski definition) is 9. The van der Waals surface area contributed by atoms with Gasteiger partial charge in [0, 0.05) is 19.5 Å². The van der Waals surface area contributed by atoms with Crippen molar-refractivity contribution in [1.29, 1.82) is 0 Å². The molecule has 178 valence electrons. The number of carboxylic acids is 1. The number of aliphatic hydroxyl groups excluding tert-OH is 3. The second-order valence-corrected chi connectivity index (χ2v) is 7.32. The zero-order chi connectivity index (χ0) is 23.7. The first-order chi connectivity index (χ1) is 14.4. The molecule has 0 bridgehead atoms. The number of guanidine groups is 1. The highest BCUT2D eigenvalue weighted by atomic mass is 16.5. The first kappa shape index (κ1) is 26.5. The molecule has 12 N–H and O–H groups in total. The maximum Gasteiger partial charge on any atom is 0.332 e. The van der Waals surface area contributed by atoms with Crippen LogP contribution in [0, 0.1) is 0 Å². The van der Waals surface area contributed by atoms with E-state index in [1.807, 2.05) is 0 Å². The predicted molar refractivity (Wildman–Crippen MR) is 107 cm³/mol. The number of amides is 2. The lowest BCUT2D eigenvalue weighted by Crippen LogP contribution is -2.58. The number of carbonyl (C=O) groups excluding carboxylic acids is 2. The number of carboxylic acid groups (broad SMARTS) is 1. The highest BCUT2D eigenvalue weighted by Crippen LogP contribution is 2.23. The molecule has 1 aliphatic heterocycles. The lowest BCUT2D eigenvalue weighted by molar-refractivity contribution is -0.208. The van der Waals surface area contributed by atoms with Crippen LogP contribution in [0.5, 0.6) is 0 Å². The predicted octanol–water partition coefficient (Wildman–Crippen LogP) is -4.69. The van der Waals surface area contributed by atoms with E-state index < -0.39 is 66.9 Å². The summed E-state index contributed by atoms with van der Waals surface area (Å²) in [4.78, 5) is 39.1. The maximum absolute atomic E-state index is 12.2. The Hall–Kier alpha value is -2.52. The third-order valence-electron chi connectivity index (χ3n) is 4.70. The number of hydrogen-bond acceptors (Lipinski definition) is 9. The Morgan fingerprint density at radius 1 is 1.23 bits per heavy atom. The molecule has 0 saturated carbocycles. The van der Waals surface area contributed by atoms with Gasteiger partial charge in [-0.05, 0) is 19.8 Å². The van der Waals surface area contributed by atoms with Gasteiger partial charge in [0.25, 0.3) is 0 Å². The number of aliphatic hydroxyl groups is 3. The number of nitrogens with zero attached hydrogens (tertiary/aromatic N) is 1. The largest absolute Gasteiger partial charge is 0.479 e. The minimum atomic E-state index is -1.53. The average Bonchev–Trinajstić information content (AvgIpc) is 2.70. The summed E-state index contributed by atoms with van der Waals surface area (Å²) < 4.78 is 5.12. The van der Waals surface area contributed by atoms with Crippen molar-refractivity contribution in [2.75, 3.05) is 13.1 Å². The van der Waals surface area contributed by atoms with Gasteiger partial charge in [-0.1, -0.05) is 0 Å². The Morgan fingerprint density at radius 3 is 2.45 bits per heavy atom. The van der Waals surface area contributed by atoms with Crippen molar-refractivity contribution in [1.82, 2.24) is 10.6 Å². The van der Waals surface area contributed by atoms with Crippen LogP contribution in [0.3, 0.4) is 0 Å². The number of nitrogens with two attached hydrogens (primary N) is 3. The smallest absolute Gasteiger partial charge is 0.332 e. The summed E-state index contributed by atoms with van der Waals surface area (Å²) in [5.41, 5.74) is 16.1. The topological polar surface area (TPSA) is 256 Å². The van der Waals surface area contributed by atoms with Crippen LogP contribution in [0.15, 0.2) is 4.99 Å². The normalized spacial score (nSPS) is 26.2. The molecule has 1 aliphatic rings. The number of carbonyl (C=O) groups is 3. The fraction of sp³-hybridized carbons (Fsp3) is 0.765. The second-order valence-electron chi connectivity index (χ2n) is 7.32. The van der Waals surface area contributed by atoms with Crippen LogP contribution >= 0.6 is 0 Å². The maximum atomic E-state index is 12.2. The van der Waals surface area contributed by atoms with Crippen LogP contribution in [-0.4, -0.2) is 99.9 Å². The van der Waals surface area contributed by atoms with Gasteiger partial charge in [-0.15, -0.1) is 0 Å². The van der Waals surface area contributed by atoms with Crippen LogP contribution < -0.4 is 27.8 Å². The second kappa shape index (κ2) is 12.4.